The number of amides is 2. The first-order valence-corrected chi connectivity index (χ1v) is 14.7. The number of methoxy groups -OCH3 is 1. The smallest absolute Gasteiger partial charge is 0.264 e. The van der Waals surface area contributed by atoms with Crippen molar-refractivity contribution >= 4 is 43.5 Å². The second-order valence-electron chi connectivity index (χ2n) is 9.52. The molecule has 0 aliphatic heterocycles. The summed E-state index contributed by atoms with van der Waals surface area (Å²) in [6, 6.07) is 19.4. The third-order valence-electron chi connectivity index (χ3n) is 6.07. The standard InChI is InChI=1S/C29H34BrN3O5S/c1-20(2)31-29(35)22(4)32(18-23-8-6-11-26(16-23)38-5)28(34)19-33(25-10-7-9-24(30)17-25)39(36,37)27-14-12-21(3)13-15-27/h6-17,20,22H,18-19H2,1-5H3,(H,31,35)/t22-/m0/s1. The molecule has 0 spiro atoms. The fourth-order valence-electron chi connectivity index (χ4n) is 3.95. The average Bonchev–Trinajstić information content (AvgIpc) is 2.89. The van der Waals surface area contributed by atoms with Crippen molar-refractivity contribution in [2.24, 2.45) is 0 Å². The molecule has 0 aromatic heterocycles. The Bertz CT molecular complexity index is 1410. The summed E-state index contributed by atoms with van der Waals surface area (Å²) < 4.78 is 34.8. The number of halogens is 1. The first kappa shape index (κ1) is 30.2. The van der Waals surface area contributed by atoms with Crippen LogP contribution in [0.1, 0.15) is 31.9 Å². The van der Waals surface area contributed by atoms with E-state index in [0.29, 0.717) is 15.9 Å². The number of rotatable bonds is 11. The zero-order valence-corrected chi connectivity index (χ0v) is 25.1. The molecule has 8 nitrogen and oxygen atoms in total. The van der Waals surface area contributed by atoms with Crippen LogP contribution < -0.4 is 14.4 Å². The maximum Gasteiger partial charge on any atom is 0.264 e. The number of ether oxygens (including phenoxy) is 1. The van der Waals surface area contributed by atoms with Crippen LogP contribution >= 0.6 is 15.9 Å². The molecule has 0 radical (unpaired) electrons. The Labute approximate surface area is 239 Å². The van der Waals surface area contributed by atoms with Gasteiger partial charge in [0, 0.05) is 17.1 Å². The van der Waals surface area contributed by atoms with Crippen LogP contribution in [-0.4, -0.2) is 50.9 Å². The molecule has 0 saturated heterocycles. The van der Waals surface area contributed by atoms with Crippen molar-refractivity contribution in [1.82, 2.24) is 10.2 Å². The number of carbonyl (C=O) groups is 2. The van der Waals surface area contributed by atoms with Crippen molar-refractivity contribution in [3.8, 4) is 5.75 Å². The lowest BCUT2D eigenvalue weighted by atomic mass is 10.1. The highest BCUT2D eigenvalue weighted by Crippen LogP contribution is 2.27. The zero-order chi connectivity index (χ0) is 28.7. The van der Waals surface area contributed by atoms with Crippen LogP contribution in [0.5, 0.6) is 5.75 Å². The molecule has 0 aliphatic carbocycles. The molecule has 208 valence electrons. The number of nitrogens with one attached hydrogen (secondary N) is 1. The Kier molecular flexibility index (Phi) is 10.2. The average molecular weight is 617 g/mol. The molecule has 3 rings (SSSR count). The van der Waals surface area contributed by atoms with Crippen LogP contribution in [0, 0.1) is 6.92 Å². The Balaban J connectivity index is 2.04. The van der Waals surface area contributed by atoms with Crippen molar-refractivity contribution in [2.45, 2.75) is 51.2 Å². The van der Waals surface area contributed by atoms with E-state index < -0.39 is 28.5 Å². The maximum absolute atomic E-state index is 13.9. The summed E-state index contributed by atoms with van der Waals surface area (Å²) in [6.45, 7) is 6.75. The maximum atomic E-state index is 13.9. The van der Waals surface area contributed by atoms with E-state index in [4.69, 9.17) is 4.74 Å². The normalized spacial score (nSPS) is 12.1. The van der Waals surface area contributed by atoms with Crippen molar-refractivity contribution in [2.75, 3.05) is 18.0 Å². The first-order valence-electron chi connectivity index (χ1n) is 12.5. The molecule has 0 aliphatic rings. The summed E-state index contributed by atoms with van der Waals surface area (Å²) in [7, 11) is -2.57. The minimum Gasteiger partial charge on any atom is -0.497 e. The highest BCUT2D eigenvalue weighted by atomic mass is 79.9. The highest BCUT2D eigenvalue weighted by molar-refractivity contribution is 9.10. The number of benzene rings is 3. The molecule has 2 amide bonds. The predicted octanol–water partition coefficient (Wildman–Crippen LogP) is 4.90. The molecule has 3 aromatic carbocycles. The monoisotopic (exact) mass is 615 g/mol. The summed E-state index contributed by atoms with van der Waals surface area (Å²) in [5, 5.41) is 2.84. The largest absolute Gasteiger partial charge is 0.497 e. The molecule has 0 fully saturated rings. The summed E-state index contributed by atoms with van der Waals surface area (Å²) in [6.07, 6.45) is 0. The van der Waals surface area contributed by atoms with Gasteiger partial charge in [-0.15, -0.1) is 0 Å². The van der Waals surface area contributed by atoms with Gasteiger partial charge in [0.05, 0.1) is 17.7 Å². The number of hydrogen-bond donors (Lipinski definition) is 1. The SMILES string of the molecule is COc1cccc(CN(C(=O)CN(c2cccc(Br)c2)S(=O)(=O)c2ccc(C)cc2)[C@@H](C)C(=O)NC(C)C)c1. The number of aryl methyl sites for hydroxylation is 1. The van der Waals surface area contributed by atoms with Crippen LogP contribution in [0.25, 0.3) is 0 Å². The number of hydrogen-bond acceptors (Lipinski definition) is 5. The lowest BCUT2D eigenvalue weighted by molar-refractivity contribution is -0.139. The number of nitrogens with zero attached hydrogens (tertiary/aromatic N) is 2. The van der Waals surface area contributed by atoms with Crippen LogP contribution in [0.2, 0.25) is 0 Å². The van der Waals surface area contributed by atoms with Gasteiger partial charge in [0.1, 0.15) is 18.3 Å². The van der Waals surface area contributed by atoms with Gasteiger partial charge in [0.2, 0.25) is 11.8 Å². The van der Waals surface area contributed by atoms with Gasteiger partial charge >= 0.3 is 0 Å². The number of carbonyl (C=O) groups excluding carboxylic acids is 2. The molecular weight excluding hydrogens is 582 g/mol. The number of anilines is 1. The van der Waals surface area contributed by atoms with E-state index in [9.17, 15) is 18.0 Å². The summed E-state index contributed by atoms with van der Waals surface area (Å²) in [4.78, 5) is 28.4. The molecule has 10 heteroatoms. The minimum atomic E-state index is -4.12. The molecule has 0 unspecified atom stereocenters. The van der Waals surface area contributed by atoms with E-state index in [1.165, 1.54) is 17.0 Å². The van der Waals surface area contributed by atoms with Gasteiger partial charge in [-0.1, -0.05) is 51.8 Å². The summed E-state index contributed by atoms with van der Waals surface area (Å²) in [5.74, 6) is -0.256. The van der Waals surface area contributed by atoms with Crippen LogP contribution in [0.3, 0.4) is 0 Å². The Morgan fingerprint density at radius 2 is 1.64 bits per heavy atom. The van der Waals surface area contributed by atoms with Crippen LogP contribution in [-0.2, 0) is 26.2 Å². The van der Waals surface area contributed by atoms with Gasteiger partial charge in [-0.2, -0.15) is 0 Å². The van der Waals surface area contributed by atoms with Crippen molar-refractivity contribution < 1.29 is 22.7 Å². The molecule has 0 bridgehead atoms. The van der Waals surface area contributed by atoms with Gasteiger partial charge < -0.3 is 15.0 Å². The van der Waals surface area contributed by atoms with Gasteiger partial charge in [0.15, 0.2) is 0 Å². The molecule has 0 saturated carbocycles. The first-order chi connectivity index (χ1) is 18.4. The summed E-state index contributed by atoms with van der Waals surface area (Å²) >= 11 is 3.40. The summed E-state index contributed by atoms with van der Waals surface area (Å²) in [5.41, 5.74) is 1.97. The van der Waals surface area contributed by atoms with Gasteiger partial charge in [-0.3, -0.25) is 13.9 Å². The van der Waals surface area contributed by atoms with E-state index >= 15 is 0 Å². The molecule has 1 N–H and O–H groups in total. The fourth-order valence-corrected chi connectivity index (χ4v) is 5.75. The molecule has 0 heterocycles. The van der Waals surface area contributed by atoms with Gasteiger partial charge in [0.25, 0.3) is 10.0 Å². The van der Waals surface area contributed by atoms with Crippen molar-refractivity contribution in [3.05, 3.63) is 88.4 Å². The van der Waals surface area contributed by atoms with Crippen LogP contribution in [0.15, 0.2) is 82.2 Å². The lowest BCUT2D eigenvalue weighted by Gasteiger charge is -2.32. The Hall–Kier alpha value is -3.37. The van der Waals surface area contributed by atoms with E-state index in [0.717, 1.165) is 15.4 Å². The van der Waals surface area contributed by atoms with Gasteiger partial charge in [-0.05, 0) is 75.7 Å². The number of sulfonamides is 1. The molecular formula is C29H34BrN3O5S. The predicted molar refractivity (Wildman–Crippen MR) is 156 cm³/mol. The fraction of sp³-hybridized carbons (Fsp3) is 0.310. The molecule has 3 aromatic rings. The Morgan fingerprint density at radius 1 is 0.974 bits per heavy atom. The molecule has 39 heavy (non-hydrogen) atoms. The van der Waals surface area contributed by atoms with Crippen molar-refractivity contribution in [3.63, 3.8) is 0 Å². The zero-order valence-electron chi connectivity index (χ0n) is 22.7. The van der Waals surface area contributed by atoms with Gasteiger partial charge in [-0.25, -0.2) is 8.42 Å². The third-order valence-corrected chi connectivity index (χ3v) is 8.35. The van der Waals surface area contributed by atoms with E-state index in [1.54, 1.807) is 68.6 Å². The minimum absolute atomic E-state index is 0.0609. The Morgan fingerprint density at radius 3 is 2.26 bits per heavy atom. The van der Waals surface area contributed by atoms with Crippen LogP contribution in [0.4, 0.5) is 5.69 Å². The van der Waals surface area contributed by atoms with E-state index in [2.05, 4.69) is 21.2 Å². The van der Waals surface area contributed by atoms with E-state index in [-0.39, 0.29) is 23.4 Å². The van der Waals surface area contributed by atoms with E-state index in [1.807, 2.05) is 26.8 Å². The lowest BCUT2D eigenvalue weighted by Crippen LogP contribution is -2.52. The quantitative estimate of drug-likeness (QED) is 0.331. The third kappa shape index (κ3) is 7.83. The topological polar surface area (TPSA) is 96.0 Å². The van der Waals surface area contributed by atoms with Crippen molar-refractivity contribution in [1.29, 1.82) is 0 Å². The highest BCUT2D eigenvalue weighted by Gasteiger charge is 2.32. The second-order valence-corrected chi connectivity index (χ2v) is 12.3. The molecule has 1 atom stereocenters. The second kappa shape index (κ2) is 13.1.